The molecule has 0 radical (unpaired) electrons. The van der Waals surface area contributed by atoms with E-state index in [1.807, 2.05) is 54.3 Å². The van der Waals surface area contributed by atoms with Crippen LogP contribution in [0, 0.1) is 6.92 Å². The molecule has 1 saturated heterocycles. The van der Waals surface area contributed by atoms with Gasteiger partial charge in [0.1, 0.15) is 6.04 Å². The summed E-state index contributed by atoms with van der Waals surface area (Å²) >= 11 is 0. The van der Waals surface area contributed by atoms with Crippen molar-refractivity contribution in [3.05, 3.63) is 65.5 Å². The van der Waals surface area contributed by atoms with Gasteiger partial charge in [-0.3, -0.25) is 9.69 Å². The largest absolute Gasteiger partial charge is 0.480 e. The Morgan fingerprint density at radius 1 is 1.09 bits per heavy atom. The van der Waals surface area contributed by atoms with Gasteiger partial charge in [0.2, 0.25) is 0 Å². The third kappa shape index (κ3) is 3.57. The Kier molecular flexibility index (Phi) is 5.24. The molecule has 1 atom stereocenters. The van der Waals surface area contributed by atoms with Crippen LogP contribution >= 0.6 is 0 Å². The van der Waals surface area contributed by atoms with E-state index in [2.05, 4.69) is 14.9 Å². The number of hydrogen-bond donors (Lipinski definition) is 3. The highest BCUT2D eigenvalue weighted by atomic mass is 16.4. The summed E-state index contributed by atoms with van der Waals surface area (Å²) in [6.45, 7) is 4.47. The predicted molar refractivity (Wildman–Crippen MR) is 123 cm³/mol. The topological polar surface area (TPSA) is 106 Å². The Balaban J connectivity index is 1.39. The number of hydrogen-bond acceptors (Lipinski definition) is 6. The molecule has 164 valence electrons. The molecule has 1 fully saturated rings. The van der Waals surface area contributed by atoms with Crippen LogP contribution in [0.1, 0.15) is 22.9 Å². The molecular weight excluding hydrogens is 406 g/mol. The molecule has 2 aromatic heterocycles. The van der Waals surface area contributed by atoms with Gasteiger partial charge in [-0.15, -0.1) is 0 Å². The maximum absolute atomic E-state index is 12.3. The Morgan fingerprint density at radius 3 is 2.50 bits per heavy atom. The predicted octanol–water partition coefficient (Wildman–Crippen LogP) is 2.86. The number of fused-ring (bicyclic) bond motifs is 2. The van der Waals surface area contributed by atoms with Crippen LogP contribution in [-0.2, 0) is 11.4 Å². The molecular formula is C24H25N5O3. The van der Waals surface area contributed by atoms with Crippen molar-refractivity contribution in [1.82, 2.24) is 19.9 Å². The molecule has 0 amide bonds. The smallest absolute Gasteiger partial charge is 0.325 e. The summed E-state index contributed by atoms with van der Waals surface area (Å²) in [5.41, 5.74) is 4.98. The van der Waals surface area contributed by atoms with Crippen LogP contribution < -0.4 is 4.90 Å². The monoisotopic (exact) mass is 431 g/mol. The van der Waals surface area contributed by atoms with Gasteiger partial charge in [0.25, 0.3) is 0 Å². The van der Waals surface area contributed by atoms with Crippen molar-refractivity contribution in [2.45, 2.75) is 19.6 Å². The first kappa shape index (κ1) is 20.4. The SMILES string of the molecule is Cc1nc2ccccc2nc1N1CCN([C@H](C(=O)O)c2c[nH]c3cc(CO)ccc23)CC1. The fourth-order valence-electron chi connectivity index (χ4n) is 4.58. The highest BCUT2D eigenvalue weighted by Gasteiger charge is 2.32. The average Bonchev–Trinajstić information content (AvgIpc) is 3.22. The molecule has 0 unspecified atom stereocenters. The second kappa shape index (κ2) is 8.22. The summed E-state index contributed by atoms with van der Waals surface area (Å²) in [5.74, 6) is -0.00823. The van der Waals surface area contributed by atoms with Gasteiger partial charge in [-0.2, -0.15) is 0 Å². The summed E-state index contributed by atoms with van der Waals surface area (Å²) in [6, 6.07) is 12.7. The lowest BCUT2D eigenvalue weighted by Gasteiger charge is -2.38. The Morgan fingerprint density at radius 2 is 1.81 bits per heavy atom. The van der Waals surface area contributed by atoms with Crippen LogP contribution in [0.5, 0.6) is 0 Å². The van der Waals surface area contributed by atoms with E-state index in [-0.39, 0.29) is 6.61 Å². The van der Waals surface area contributed by atoms with Gasteiger partial charge in [0, 0.05) is 48.8 Å². The number of aliphatic hydroxyl groups is 1. The number of carboxylic acid groups (broad SMARTS) is 1. The van der Waals surface area contributed by atoms with Crippen molar-refractivity contribution in [3.8, 4) is 0 Å². The number of carboxylic acids is 1. The number of nitrogens with zero attached hydrogens (tertiary/aromatic N) is 4. The zero-order valence-electron chi connectivity index (χ0n) is 17.8. The molecule has 1 aliphatic rings. The molecule has 0 saturated carbocycles. The number of H-pyrrole nitrogens is 1. The van der Waals surface area contributed by atoms with Crippen LogP contribution in [0.4, 0.5) is 5.82 Å². The van der Waals surface area contributed by atoms with Gasteiger partial charge < -0.3 is 20.1 Å². The lowest BCUT2D eigenvalue weighted by Crippen LogP contribution is -2.49. The number of benzene rings is 2. The number of para-hydroxylation sites is 2. The molecule has 1 aliphatic heterocycles. The molecule has 0 aliphatic carbocycles. The standard InChI is InChI=1S/C24H25N5O3/c1-15-23(27-20-5-3-2-4-19(20)26-15)29-10-8-28(9-11-29)22(24(31)32)18-13-25-21-12-16(14-30)6-7-17(18)21/h2-7,12-13,22,25,30H,8-11,14H2,1H3,(H,31,32)/t22-/m0/s1. The summed E-state index contributed by atoms with van der Waals surface area (Å²) in [5, 5.41) is 20.3. The molecule has 0 bridgehead atoms. The zero-order valence-corrected chi connectivity index (χ0v) is 17.8. The number of piperazine rings is 1. The van der Waals surface area contributed by atoms with Gasteiger partial charge >= 0.3 is 5.97 Å². The normalized spacial score (nSPS) is 16.0. The highest BCUT2D eigenvalue weighted by molar-refractivity contribution is 5.89. The number of aliphatic carboxylic acids is 1. The number of nitrogens with one attached hydrogen (secondary N) is 1. The van der Waals surface area contributed by atoms with Gasteiger partial charge in [0.15, 0.2) is 5.82 Å². The molecule has 5 rings (SSSR count). The van der Waals surface area contributed by atoms with Gasteiger partial charge in [0.05, 0.1) is 23.3 Å². The summed E-state index contributed by atoms with van der Waals surface area (Å²) in [7, 11) is 0. The van der Waals surface area contributed by atoms with E-state index in [1.165, 1.54) is 0 Å². The maximum Gasteiger partial charge on any atom is 0.325 e. The Bertz CT molecular complexity index is 1290. The molecule has 4 aromatic rings. The van der Waals surface area contributed by atoms with Crippen molar-refractivity contribution in [2.75, 3.05) is 31.1 Å². The molecule has 8 heteroatoms. The molecule has 3 heterocycles. The van der Waals surface area contributed by atoms with Gasteiger partial charge in [-0.1, -0.05) is 24.3 Å². The lowest BCUT2D eigenvalue weighted by molar-refractivity contribution is -0.143. The number of aliphatic hydroxyl groups excluding tert-OH is 1. The molecule has 8 nitrogen and oxygen atoms in total. The van der Waals surface area contributed by atoms with Crippen LogP contribution in [-0.4, -0.2) is 62.2 Å². The minimum Gasteiger partial charge on any atom is -0.480 e. The van der Waals surface area contributed by atoms with E-state index in [0.717, 1.165) is 44.6 Å². The van der Waals surface area contributed by atoms with Crippen LogP contribution in [0.15, 0.2) is 48.7 Å². The molecule has 0 spiro atoms. The first-order valence-corrected chi connectivity index (χ1v) is 10.7. The van der Waals surface area contributed by atoms with E-state index in [1.54, 1.807) is 6.20 Å². The number of rotatable bonds is 5. The summed E-state index contributed by atoms with van der Waals surface area (Å²) < 4.78 is 0. The summed E-state index contributed by atoms with van der Waals surface area (Å²) in [4.78, 5) is 29.1. The molecule has 3 N–H and O–H groups in total. The summed E-state index contributed by atoms with van der Waals surface area (Å²) in [6.07, 6.45) is 1.77. The second-order valence-electron chi connectivity index (χ2n) is 8.17. The van der Waals surface area contributed by atoms with E-state index >= 15 is 0 Å². The fourth-order valence-corrected chi connectivity index (χ4v) is 4.58. The highest BCUT2D eigenvalue weighted by Crippen LogP contribution is 2.31. The van der Waals surface area contributed by atoms with Crippen molar-refractivity contribution in [1.29, 1.82) is 0 Å². The quantitative estimate of drug-likeness (QED) is 0.446. The van der Waals surface area contributed by atoms with Gasteiger partial charge in [-0.25, -0.2) is 9.97 Å². The number of anilines is 1. The van der Waals surface area contributed by atoms with E-state index in [4.69, 9.17) is 4.98 Å². The maximum atomic E-state index is 12.3. The molecule has 2 aromatic carbocycles. The minimum atomic E-state index is -0.868. The van der Waals surface area contributed by atoms with Crippen molar-refractivity contribution >= 4 is 33.7 Å². The average molecular weight is 431 g/mol. The van der Waals surface area contributed by atoms with Crippen molar-refractivity contribution in [2.24, 2.45) is 0 Å². The van der Waals surface area contributed by atoms with Crippen LogP contribution in [0.2, 0.25) is 0 Å². The van der Waals surface area contributed by atoms with E-state index in [0.29, 0.717) is 26.2 Å². The first-order valence-electron chi connectivity index (χ1n) is 10.7. The Labute approximate surface area is 185 Å². The van der Waals surface area contributed by atoms with Gasteiger partial charge in [-0.05, 0) is 30.7 Å². The second-order valence-corrected chi connectivity index (χ2v) is 8.17. The zero-order chi connectivity index (χ0) is 22.2. The molecule has 32 heavy (non-hydrogen) atoms. The number of aromatic nitrogens is 3. The third-order valence-corrected chi connectivity index (χ3v) is 6.19. The number of carbonyl (C=O) groups is 1. The van der Waals surface area contributed by atoms with Crippen molar-refractivity contribution in [3.63, 3.8) is 0 Å². The van der Waals surface area contributed by atoms with E-state index in [9.17, 15) is 15.0 Å². The fraction of sp³-hybridized carbons (Fsp3) is 0.292. The lowest BCUT2D eigenvalue weighted by atomic mass is 10.0. The first-order chi connectivity index (χ1) is 15.5. The minimum absolute atomic E-state index is 0.0499. The Hall–Kier alpha value is -3.49. The van der Waals surface area contributed by atoms with Crippen LogP contribution in [0.3, 0.4) is 0 Å². The number of aryl methyl sites for hydroxylation is 1. The third-order valence-electron chi connectivity index (χ3n) is 6.19. The van der Waals surface area contributed by atoms with E-state index < -0.39 is 12.0 Å². The van der Waals surface area contributed by atoms with Crippen molar-refractivity contribution < 1.29 is 15.0 Å². The van der Waals surface area contributed by atoms with Crippen LogP contribution in [0.25, 0.3) is 21.9 Å². The number of aromatic amines is 1.